The van der Waals surface area contributed by atoms with Gasteiger partial charge >= 0.3 is 0 Å². The van der Waals surface area contributed by atoms with Crippen LogP contribution in [-0.4, -0.2) is 11.2 Å². The van der Waals surface area contributed by atoms with Crippen molar-refractivity contribution in [2.75, 3.05) is 0 Å². The molecule has 2 heteroatoms. The Bertz CT molecular complexity index is 865. The second-order valence-corrected chi connectivity index (χ2v) is 5.91. The zero-order chi connectivity index (χ0) is 12.4. The molecule has 2 aliphatic carbocycles. The summed E-state index contributed by atoms with van der Waals surface area (Å²) in [6.45, 7) is 0. The van der Waals surface area contributed by atoms with Gasteiger partial charge in [0.25, 0.3) is 0 Å². The number of hydrogen-bond donors (Lipinski definition) is 1. The van der Waals surface area contributed by atoms with Gasteiger partial charge in [-0.1, -0.05) is 6.08 Å². The van der Waals surface area contributed by atoms with Crippen LogP contribution >= 0.6 is 0 Å². The molecule has 0 unspecified atom stereocenters. The summed E-state index contributed by atoms with van der Waals surface area (Å²) in [5, 5.41) is 4.31. The smallest absolute Gasteiger partial charge is 0.0539 e. The van der Waals surface area contributed by atoms with Gasteiger partial charge in [0.2, 0.25) is 0 Å². The number of hydrogen-bond acceptors (Lipinski definition) is 1. The van der Waals surface area contributed by atoms with E-state index in [1.165, 1.54) is 76.7 Å². The molecule has 2 heterocycles. The van der Waals surface area contributed by atoms with Gasteiger partial charge < -0.3 is 4.98 Å². The lowest BCUT2D eigenvalue weighted by Crippen LogP contribution is -2.19. The molecule has 2 aromatic rings. The molecule has 0 bridgehead atoms. The number of aromatic nitrogens is 1. The molecule has 0 atom stereocenters. The molecule has 0 spiro atoms. The molecule has 1 aromatic carbocycles. The molecule has 3 aliphatic rings. The lowest BCUT2D eigenvalue weighted by molar-refractivity contribution is 0.680. The fourth-order valence-corrected chi connectivity index (χ4v) is 4.10. The molecular weight excluding hydrogens is 232 g/mol. The lowest BCUT2D eigenvalue weighted by Gasteiger charge is -2.11. The molecule has 0 fully saturated rings. The van der Waals surface area contributed by atoms with Crippen LogP contribution in [0.5, 0.6) is 0 Å². The average Bonchev–Trinajstić information content (AvgIpc) is 3.14. The fourth-order valence-electron chi connectivity index (χ4n) is 4.10. The average molecular weight is 248 g/mol. The fraction of sp³-hybridized carbons (Fsp3) is 0.353. The number of aliphatic imine (C=N–C) groups is 1. The van der Waals surface area contributed by atoms with Gasteiger partial charge in [0.05, 0.1) is 5.52 Å². The van der Waals surface area contributed by atoms with E-state index in [4.69, 9.17) is 0 Å². The minimum Gasteiger partial charge on any atom is -0.358 e. The van der Waals surface area contributed by atoms with Crippen LogP contribution in [0, 0.1) is 0 Å². The maximum absolute atomic E-state index is 4.43. The van der Waals surface area contributed by atoms with Crippen molar-refractivity contribution in [3.05, 3.63) is 32.8 Å². The number of nitrogens with zero attached hydrogens (tertiary/aromatic N) is 1. The van der Waals surface area contributed by atoms with E-state index in [0.717, 1.165) is 0 Å². The Kier molecular flexibility index (Phi) is 1.78. The second-order valence-electron chi connectivity index (χ2n) is 5.91. The number of aromatic amines is 1. The van der Waals surface area contributed by atoms with E-state index < -0.39 is 0 Å². The number of H-pyrrole nitrogens is 1. The lowest BCUT2D eigenvalue weighted by atomic mass is 9.93. The highest BCUT2D eigenvalue weighted by Crippen LogP contribution is 2.28. The van der Waals surface area contributed by atoms with Crippen LogP contribution < -0.4 is 10.4 Å². The van der Waals surface area contributed by atoms with E-state index in [9.17, 15) is 0 Å². The summed E-state index contributed by atoms with van der Waals surface area (Å²) in [6.07, 6.45) is 14.0. The zero-order valence-electron chi connectivity index (χ0n) is 10.9. The molecule has 94 valence electrons. The van der Waals surface area contributed by atoms with Crippen molar-refractivity contribution in [1.82, 2.24) is 4.98 Å². The van der Waals surface area contributed by atoms with Crippen LogP contribution in [0.2, 0.25) is 0 Å². The molecule has 0 saturated carbocycles. The molecule has 1 aromatic heterocycles. The Hall–Kier alpha value is -1.83. The molecule has 2 nitrogen and oxygen atoms in total. The van der Waals surface area contributed by atoms with Gasteiger partial charge in [-0.15, -0.1) is 0 Å². The van der Waals surface area contributed by atoms with E-state index in [0.29, 0.717) is 0 Å². The van der Waals surface area contributed by atoms with Gasteiger partial charge in [-0.2, -0.15) is 0 Å². The molecule has 5 rings (SSSR count). The highest BCUT2D eigenvalue weighted by molar-refractivity contribution is 5.98. The third-order valence-corrected chi connectivity index (χ3v) is 4.92. The second kappa shape index (κ2) is 3.38. The molecule has 0 radical (unpaired) electrons. The van der Waals surface area contributed by atoms with E-state index in [2.05, 4.69) is 28.5 Å². The predicted molar refractivity (Wildman–Crippen MR) is 79.0 cm³/mol. The highest BCUT2D eigenvalue weighted by atomic mass is 14.7. The molecular formula is C17H16N2. The van der Waals surface area contributed by atoms with Crippen molar-refractivity contribution >= 4 is 29.4 Å². The van der Waals surface area contributed by atoms with Crippen LogP contribution in [0.1, 0.15) is 41.6 Å². The topological polar surface area (TPSA) is 28.1 Å². The molecule has 0 saturated heterocycles. The molecule has 1 N–H and O–H groups in total. The van der Waals surface area contributed by atoms with Gasteiger partial charge in [0.1, 0.15) is 0 Å². The minimum atomic E-state index is 1.18. The van der Waals surface area contributed by atoms with Crippen molar-refractivity contribution < 1.29 is 0 Å². The van der Waals surface area contributed by atoms with Crippen LogP contribution in [-0.2, 0) is 19.3 Å². The summed E-state index contributed by atoms with van der Waals surface area (Å²) < 4.78 is 0. The summed E-state index contributed by atoms with van der Waals surface area (Å²) in [6, 6.07) is 0. The Morgan fingerprint density at radius 2 is 1.95 bits per heavy atom. The van der Waals surface area contributed by atoms with E-state index in [-0.39, 0.29) is 0 Å². The van der Waals surface area contributed by atoms with Crippen molar-refractivity contribution in [2.45, 2.75) is 38.5 Å². The van der Waals surface area contributed by atoms with Crippen LogP contribution in [0.4, 0.5) is 0 Å². The third kappa shape index (κ3) is 1.15. The first-order chi connectivity index (χ1) is 9.43. The van der Waals surface area contributed by atoms with Crippen molar-refractivity contribution in [1.29, 1.82) is 0 Å². The van der Waals surface area contributed by atoms with Crippen LogP contribution in [0.25, 0.3) is 23.2 Å². The summed E-state index contributed by atoms with van der Waals surface area (Å²) >= 11 is 0. The Morgan fingerprint density at radius 1 is 1.00 bits per heavy atom. The van der Waals surface area contributed by atoms with E-state index in [1.807, 2.05) is 0 Å². The van der Waals surface area contributed by atoms with Crippen LogP contribution in [0.3, 0.4) is 0 Å². The Morgan fingerprint density at radius 3 is 2.95 bits per heavy atom. The maximum Gasteiger partial charge on any atom is 0.0539 e. The number of fused-ring (bicyclic) bond motifs is 8. The monoisotopic (exact) mass is 248 g/mol. The van der Waals surface area contributed by atoms with Gasteiger partial charge in [0, 0.05) is 34.3 Å². The van der Waals surface area contributed by atoms with Crippen molar-refractivity contribution in [3.8, 4) is 0 Å². The number of aryl methyl sites for hydroxylation is 2. The SMILES string of the molecule is C1=NC=c2c1c1c(c3[nH]c4c(c23)CCCC4)=CCC1. The van der Waals surface area contributed by atoms with Crippen LogP contribution in [0.15, 0.2) is 4.99 Å². The van der Waals surface area contributed by atoms with Gasteiger partial charge in [-0.25, -0.2) is 0 Å². The zero-order valence-corrected chi connectivity index (χ0v) is 10.9. The Balaban J connectivity index is 2.07. The van der Waals surface area contributed by atoms with Gasteiger partial charge in [-0.3, -0.25) is 4.99 Å². The van der Waals surface area contributed by atoms with Crippen molar-refractivity contribution in [3.63, 3.8) is 0 Å². The van der Waals surface area contributed by atoms with E-state index >= 15 is 0 Å². The minimum absolute atomic E-state index is 1.18. The standard InChI is InChI=1S/C17H16N2/c1-2-7-15-12(4-1)16-14-9-18-8-13(14)10-5-3-6-11(10)17(16)19-15/h6,8-9,19H,1-5,7H2. The van der Waals surface area contributed by atoms with E-state index in [1.54, 1.807) is 5.56 Å². The third-order valence-electron chi connectivity index (χ3n) is 4.92. The summed E-state index contributed by atoms with van der Waals surface area (Å²) in [4.78, 5) is 8.17. The quantitative estimate of drug-likeness (QED) is 0.738. The highest BCUT2D eigenvalue weighted by Gasteiger charge is 2.22. The summed E-state index contributed by atoms with van der Waals surface area (Å²) in [7, 11) is 0. The van der Waals surface area contributed by atoms with Gasteiger partial charge in [0.15, 0.2) is 0 Å². The first kappa shape index (κ1) is 10.0. The molecule has 19 heavy (non-hydrogen) atoms. The molecule has 1 aliphatic heterocycles. The maximum atomic E-state index is 4.43. The molecule has 0 amide bonds. The first-order valence-electron chi connectivity index (χ1n) is 7.35. The predicted octanol–water partition coefficient (Wildman–Crippen LogP) is 1.94. The number of rotatable bonds is 0. The summed E-state index contributed by atoms with van der Waals surface area (Å²) in [5.74, 6) is 0. The first-order valence-corrected chi connectivity index (χ1v) is 7.35. The summed E-state index contributed by atoms with van der Waals surface area (Å²) in [5.41, 5.74) is 7.35. The van der Waals surface area contributed by atoms with Gasteiger partial charge in [-0.05, 0) is 54.9 Å². The van der Waals surface area contributed by atoms with Crippen molar-refractivity contribution in [2.24, 2.45) is 4.99 Å². The Labute approximate surface area is 111 Å². The number of nitrogens with one attached hydrogen (secondary N) is 1. The largest absolute Gasteiger partial charge is 0.358 e. The number of benzene rings is 1. The normalized spacial score (nSPS) is 18.9.